The minimum absolute atomic E-state index is 0.104. The van der Waals surface area contributed by atoms with Crippen LogP contribution >= 0.6 is 0 Å². The summed E-state index contributed by atoms with van der Waals surface area (Å²) in [6.07, 6.45) is -2.64. The van der Waals surface area contributed by atoms with E-state index in [4.69, 9.17) is 9.47 Å². The highest BCUT2D eigenvalue weighted by Crippen LogP contribution is 2.24. The van der Waals surface area contributed by atoms with Gasteiger partial charge >= 0.3 is 6.09 Å². The van der Waals surface area contributed by atoms with Crippen molar-refractivity contribution in [2.45, 2.75) is 25.7 Å². The summed E-state index contributed by atoms with van der Waals surface area (Å²) >= 11 is 0. The molecule has 0 heterocycles. The summed E-state index contributed by atoms with van der Waals surface area (Å²) in [5.74, 6) is 0.403. The van der Waals surface area contributed by atoms with Gasteiger partial charge in [0.25, 0.3) is 0 Å². The van der Waals surface area contributed by atoms with Crippen molar-refractivity contribution in [2.24, 2.45) is 0 Å². The van der Waals surface area contributed by atoms with Gasteiger partial charge in [-0.1, -0.05) is 36.4 Å². The first-order chi connectivity index (χ1) is 13.0. The molecule has 2 aromatic rings. The third kappa shape index (κ3) is 6.09. The molecule has 0 bridgehead atoms. The van der Waals surface area contributed by atoms with Crippen molar-refractivity contribution in [3.8, 4) is 5.75 Å². The van der Waals surface area contributed by atoms with E-state index in [0.29, 0.717) is 24.2 Å². The predicted molar refractivity (Wildman–Crippen MR) is 98.6 cm³/mol. The molecule has 2 rings (SSSR count). The molecule has 0 saturated heterocycles. The smallest absolute Gasteiger partial charge is 0.407 e. The van der Waals surface area contributed by atoms with Gasteiger partial charge in [0.2, 0.25) is 0 Å². The van der Waals surface area contributed by atoms with Gasteiger partial charge in [-0.2, -0.15) is 0 Å². The van der Waals surface area contributed by atoms with Crippen molar-refractivity contribution in [3.63, 3.8) is 0 Å². The normalized spacial score (nSPS) is 12.7. The van der Waals surface area contributed by atoms with Gasteiger partial charge in [-0.05, 0) is 30.2 Å². The van der Waals surface area contributed by atoms with Gasteiger partial charge in [-0.15, -0.1) is 0 Å². The van der Waals surface area contributed by atoms with Crippen molar-refractivity contribution in [1.29, 1.82) is 0 Å². The second kappa shape index (κ2) is 10.3. The van der Waals surface area contributed by atoms with E-state index in [1.165, 1.54) is 6.07 Å². The Morgan fingerprint density at radius 2 is 1.93 bits per heavy atom. The SMILES string of the molecule is CCOc1ccc(C(O)C(O)CNC(=O)OCc2ccccc2)cc1C=O. The summed E-state index contributed by atoms with van der Waals surface area (Å²) in [4.78, 5) is 22.9. The lowest BCUT2D eigenvalue weighted by Gasteiger charge is -2.19. The van der Waals surface area contributed by atoms with E-state index >= 15 is 0 Å². The number of hydrogen-bond acceptors (Lipinski definition) is 6. The summed E-state index contributed by atoms with van der Waals surface area (Å²) in [5.41, 5.74) is 1.45. The number of nitrogens with one attached hydrogen (secondary N) is 1. The van der Waals surface area contributed by atoms with Crippen LogP contribution in [0.2, 0.25) is 0 Å². The molecular weight excluding hydrogens is 350 g/mol. The summed E-state index contributed by atoms with van der Waals surface area (Å²) in [7, 11) is 0. The van der Waals surface area contributed by atoms with E-state index in [-0.39, 0.29) is 18.7 Å². The molecule has 0 spiro atoms. The van der Waals surface area contributed by atoms with Crippen LogP contribution in [0.3, 0.4) is 0 Å². The van der Waals surface area contributed by atoms with E-state index < -0.39 is 18.3 Å². The number of benzene rings is 2. The van der Waals surface area contributed by atoms with Gasteiger partial charge in [0.1, 0.15) is 24.6 Å². The average molecular weight is 373 g/mol. The van der Waals surface area contributed by atoms with Crippen LogP contribution in [-0.2, 0) is 11.3 Å². The monoisotopic (exact) mass is 373 g/mol. The van der Waals surface area contributed by atoms with Gasteiger partial charge in [-0.3, -0.25) is 4.79 Å². The third-order valence-corrected chi connectivity index (χ3v) is 3.83. The Hall–Kier alpha value is -2.90. The molecule has 0 aliphatic rings. The fourth-order valence-electron chi connectivity index (χ4n) is 2.43. The van der Waals surface area contributed by atoms with Crippen molar-refractivity contribution in [3.05, 3.63) is 65.2 Å². The number of alkyl carbamates (subject to hydrolysis) is 1. The van der Waals surface area contributed by atoms with Gasteiger partial charge in [0.15, 0.2) is 6.29 Å². The summed E-state index contributed by atoms with van der Waals surface area (Å²) in [6, 6.07) is 13.7. The fraction of sp³-hybridized carbons (Fsp3) is 0.300. The molecule has 2 aromatic carbocycles. The zero-order valence-corrected chi connectivity index (χ0v) is 15.0. The Balaban J connectivity index is 1.86. The van der Waals surface area contributed by atoms with Crippen LogP contribution in [0.15, 0.2) is 48.5 Å². The first-order valence-corrected chi connectivity index (χ1v) is 8.57. The predicted octanol–water partition coefficient (Wildman–Crippen LogP) is 2.22. The van der Waals surface area contributed by atoms with Crippen LogP contribution in [0.5, 0.6) is 5.75 Å². The first-order valence-electron chi connectivity index (χ1n) is 8.57. The van der Waals surface area contributed by atoms with Gasteiger partial charge < -0.3 is 25.0 Å². The number of ether oxygens (including phenoxy) is 2. The lowest BCUT2D eigenvalue weighted by atomic mass is 10.0. The molecule has 144 valence electrons. The molecule has 0 fully saturated rings. The molecule has 1 amide bonds. The molecule has 2 unspecified atom stereocenters. The molecule has 3 N–H and O–H groups in total. The molecule has 2 atom stereocenters. The van der Waals surface area contributed by atoms with Gasteiger partial charge in [0, 0.05) is 6.54 Å². The Kier molecular flexibility index (Phi) is 7.79. The van der Waals surface area contributed by atoms with Crippen LogP contribution in [0.1, 0.15) is 34.5 Å². The van der Waals surface area contributed by atoms with Gasteiger partial charge in [0.05, 0.1) is 12.2 Å². The summed E-state index contributed by atoms with van der Waals surface area (Å²) < 4.78 is 10.4. The van der Waals surface area contributed by atoms with Crippen LogP contribution < -0.4 is 10.1 Å². The number of aliphatic hydroxyl groups is 2. The largest absolute Gasteiger partial charge is 0.493 e. The van der Waals surface area contributed by atoms with Crippen LogP contribution in [0, 0.1) is 0 Å². The van der Waals surface area contributed by atoms with Crippen molar-refractivity contribution in [2.75, 3.05) is 13.2 Å². The van der Waals surface area contributed by atoms with Crippen molar-refractivity contribution in [1.82, 2.24) is 5.32 Å². The highest BCUT2D eigenvalue weighted by atomic mass is 16.5. The quantitative estimate of drug-likeness (QED) is 0.582. The molecule has 7 nitrogen and oxygen atoms in total. The Labute approximate surface area is 157 Å². The van der Waals surface area contributed by atoms with E-state index in [0.717, 1.165) is 5.56 Å². The number of hydrogen-bond donors (Lipinski definition) is 3. The fourth-order valence-corrected chi connectivity index (χ4v) is 2.43. The zero-order valence-electron chi connectivity index (χ0n) is 15.0. The highest BCUT2D eigenvalue weighted by molar-refractivity contribution is 5.79. The van der Waals surface area contributed by atoms with E-state index in [9.17, 15) is 19.8 Å². The molecular formula is C20H23NO6. The molecule has 7 heteroatoms. The maximum absolute atomic E-state index is 11.7. The number of rotatable bonds is 9. The maximum Gasteiger partial charge on any atom is 0.407 e. The van der Waals surface area contributed by atoms with Gasteiger partial charge in [-0.25, -0.2) is 4.79 Å². The summed E-state index contributed by atoms with van der Waals surface area (Å²) in [6.45, 7) is 2.09. The van der Waals surface area contributed by atoms with E-state index in [1.807, 2.05) is 30.3 Å². The number of carbonyl (C=O) groups excluding carboxylic acids is 2. The maximum atomic E-state index is 11.7. The Morgan fingerprint density at radius 3 is 2.59 bits per heavy atom. The van der Waals surface area contributed by atoms with Crippen molar-refractivity contribution >= 4 is 12.4 Å². The minimum atomic E-state index is -1.28. The van der Waals surface area contributed by atoms with Crippen molar-refractivity contribution < 1.29 is 29.3 Å². The molecule has 0 aromatic heterocycles. The molecule has 0 aliphatic heterocycles. The Bertz CT molecular complexity index is 749. The van der Waals surface area contributed by atoms with E-state index in [2.05, 4.69) is 5.32 Å². The average Bonchev–Trinajstić information content (AvgIpc) is 2.71. The third-order valence-electron chi connectivity index (χ3n) is 3.83. The molecule has 0 saturated carbocycles. The summed E-state index contributed by atoms with van der Waals surface area (Å²) in [5, 5.41) is 22.8. The molecule has 27 heavy (non-hydrogen) atoms. The first kappa shape index (κ1) is 20.4. The number of amides is 1. The molecule has 0 aliphatic carbocycles. The highest BCUT2D eigenvalue weighted by Gasteiger charge is 2.20. The number of carbonyl (C=O) groups is 2. The second-order valence-electron chi connectivity index (χ2n) is 5.80. The standard InChI is InChI=1S/C20H23NO6/c1-2-26-18-9-8-15(10-16(18)12-22)19(24)17(23)11-21-20(25)27-13-14-6-4-3-5-7-14/h3-10,12,17,19,23-24H,2,11,13H2,1H3,(H,21,25). The van der Waals surface area contributed by atoms with Crippen LogP contribution in [-0.4, -0.2) is 41.8 Å². The lowest BCUT2D eigenvalue weighted by Crippen LogP contribution is -2.35. The topological polar surface area (TPSA) is 105 Å². The Morgan fingerprint density at radius 1 is 1.19 bits per heavy atom. The second-order valence-corrected chi connectivity index (χ2v) is 5.80. The number of aldehydes is 1. The van der Waals surface area contributed by atoms with E-state index in [1.54, 1.807) is 19.1 Å². The zero-order chi connectivity index (χ0) is 19.6. The van der Waals surface area contributed by atoms with Crippen LogP contribution in [0.4, 0.5) is 4.79 Å². The lowest BCUT2D eigenvalue weighted by molar-refractivity contribution is 0.0183. The molecule has 0 radical (unpaired) electrons. The minimum Gasteiger partial charge on any atom is -0.493 e. The number of aliphatic hydroxyl groups excluding tert-OH is 2. The van der Waals surface area contributed by atoms with Crippen LogP contribution in [0.25, 0.3) is 0 Å².